The fourth-order valence-corrected chi connectivity index (χ4v) is 4.44. The molecule has 3 aromatic rings. The van der Waals surface area contributed by atoms with Crippen LogP contribution in [0.15, 0.2) is 64.3 Å². The molecule has 4 rings (SSSR count). The highest BCUT2D eigenvalue weighted by Gasteiger charge is 2.26. The van der Waals surface area contributed by atoms with Crippen molar-refractivity contribution in [2.75, 3.05) is 13.1 Å². The van der Waals surface area contributed by atoms with Gasteiger partial charge in [-0.2, -0.15) is 0 Å². The first-order valence-electron chi connectivity index (χ1n) is 10.3. The number of nitrogens with zero attached hydrogens (tertiary/aromatic N) is 3. The van der Waals surface area contributed by atoms with Crippen molar-refractivity contribution in [1.29, 1.82) is 0 Å². The SMILES string of the molecule is CC(Sc1ncccc1C(=O)NCc1ncc(-c2ccccc2)o1)C(=O)N1CCCC1. The van der Waals surface area contributed by atoms with Crippen LogP contribution in [0.1, 0.15) is 36.0 Å². The van der Waals surface area contributed by atoms with Gasteiger partial charge in [-0.1, -0.05) is 42.1 Å². The lowest BCUT2D eigenvalue weighted by molar-refractivity contribution is -0.129. The van der Waals surface area contributed by atoms with Crippen LogP contribution in [-0.2, 0) is 11.3 Å². The second kappa shape index (κ2) is 9.78. The quantitative estimate of drug-likeness (QED) is 0.567. The number of amides is 2. The lowest BCUT2D eigenvalue weighted by atomic mass is 10.2. The van der Waals surface area contributed by atoms with E-state index in [1.54, 1.807) is 24.5 Å². The molecule has 1 unspecified atom stereocenters. The molecule has 1 saturated heterocycles. The van der Waals surface area contributed by atoms with Gasteiger partial charge < -0.3 is 14.6 Å². The zero-order valence-electron chi connectivity index (χ0n) is 17.3. The molecule has 160 valence electrons. The zero-order chi connectivity index (χ0) is 21.6. The summed E-state index contributed by atoms with van der Waals surface area (Å²) in [6.45, 7) is 3.63. The minimum absolute atomic E-state index is 0.0905. The summed E-state index contributed by atoms with van der Waals surface area (Å²) >= 11 is 1.31. The maximum absolute atomic E-state index is 12.8. The fourth-order valence-electron chi connectivity index (χ4n) is 3.45. The van der Waals surface area contributed by atoms with Gasteiger partial charge in [0.15, 0.2) is 5.76 Å². The van der Waals surface area contributed by atoms with E-state index < -0.39 is 0 Å². The Morgan fingerprint density at radius 2 is 1.90 bits per heavy atom. The molecule has 1 aliphatic rings. The number of hydrogen-bond acceptors (Lipinski definition) is 6. The number of hydrogen-bond donors (Lipinski definition) is 1. The molecule has 31 heavy (non-hydrogen) atoms. The van der Waals surface area contributed by atoms with E-state index in [-0.39, 0.29) is 23.6 Å². The van der Waals surface area contributed by atoms with Gasteiger partial charge in [0, 0.05) is 24.8 Å². The van der Waals surface area contributed by atoms with Gasteiger partial charge in [0.05, 0.1) is 23.6 Å². The summed E-state index contributed by atoms with van der Waals surface area (Å²) in [4.78, 5) is 35.9. The number of oxazole rings is 1. The molecule has 3 heterocycles. The smallest absolute Gasteiger partial charge is 0.254 e. The van der Waals surface area contributed by atoms with Crippen LogP contribution in [0.5, 0.6) is 0 Å². The Balaban J connectivity index is 1.39. The van der Waals surface area contributed by atoms with Crippen molar-refractivity contribution in [2.24, 2.45) is 0 Å². The number of pyridine rings is 1. The monoisotopic (exact) mass is 436 g/mol. The van der Waals surface area contributed by atoms with E-state index in [2.05, 4.69) is 15.3 Å². The van der Waals surface area contributed by atoms with Crippen LogP contribution in [0.4, 0.5) is 0 Å². The molecule has 1 atom stereocenters. The van der Waals surface area contributed by atoms with Crippen molar-refractivity contribution in [1.82, 2.24) is 20.2 Å². The number of thioether (sulfide) groups is 1. The molecule has 8 heteroatoms. The molecule has 1 N–H and O–H groups in total. The first-order chi connectivity index (χ1) is 15.1. The van der Waals surface area contributed by atoms with E-state index in [9.17, 15) is 9.59 Å². The second-order valence-electron chi connectivity index (χ2n) is 7.32. The Kier molecular flexibility index (Phi) is 6.66. The van der Waals surface area contributed by atoms with Crippen LogP contribution < -0.4 is 5.32 Å². The van der Waals surface area contributed by atoms with E-state index in [1.165, 1.54) is 11.8 Å². The number of nitrogens with one attached hydrogen (secondary N) is 1. The Bertz CT molecular complexity index is 1050. The van der Waals surface area contributed by atoms with Crippen LogP contribution in [0, 0.1) is 0 Å². The normalized spacial score (nSPS) is 14.4. The largest absolute Gasteiger partial charge is 0.439 e. The van der Waals surface area contributed by atoms with Gasteiger partial charge in [0.2, 0.25) is 11.8 Å². The van der Waals surface area contributed by atoms with Crippen molar-refractivity contribution in [3.63, 3.8) is 0 Å². The summed E-state index contributed by atoms with van der Waals surface area (Å²) in [5.74, 6) is 0.878. The second-order valence-corrected chi connectivity index (χ2v) is 8.65. The first kappa shape index (κ1) is 21.1. The summed E-state index contributed by atoms with van der Waals surface area (Å²) in [7, 11) is 0. The zero-order valence-corrected chi connectivity index (χ0v) is 18.1. The molecule has 7 nitrogen and oxygen atoms in total. The van der Waals surface area contributed by atoms with E-state index in [4.69, 9.17) is 4.42 Å². The van der Waals surface area contributed by atoms with Crippen molar-refractivity contribution in [2.45, 2.75) is 36.6 Å². The number of rotatable bonds is 7. The maximum atomic E-state index is 12.8. The van der Waals surface area contributed by atoms with Gasteiger partial charge >= 0.3 is 0 Å². The summed E-state index contributed by atoms with van der Waals surface area (Å²) in [6, 6.07) is 13.1. The van der Waals surface area contributed by atoms with Gasteiger partial charge in [-0.25, -0.2) is 9.97 Å². The third-order valence-electron chi connectivity index (χ3n) is 5.08. The number of aromatic nitrogens is 2. The van der Waals surface area contributed by atoms with Crippen LogP contribution in [0.2, 0.25) is 0 Å². The summed E-state index contributed by atoms with van der Waals surface area (Å²) in [6.07, 6.45) is 5.38. The van der Waals surface area contributed by atoms with Crippen molar-refractivity contribution >= 4 is 23.6 Å². The molecule has 0 bridgehead atoms. The highest BCUT2D eigenvalue weighted by Crippen LogP contribution is 2.27. The van der Waals surface area contributed by atoms with Gasteiger partial charge in [-0.15, -0.1) is 0 Å². The third kappa shape index (κ3) is 5.14. The topological polar surface area (TPSA) is 88.3 Å². The first-order valence-corrected chi connectivity index (χ1v) is 11.2. The molecule has 2 amide bonds. The van der Waals surface area contributed by atoms with Gasteiger partial charge in [-0.3, -0.25) is 9.59 Å². The van der Waals surface area contributed by atoms with Gasteiger partial charge in [0.1, 0.15) is 5.03 Å². The molecule has 2 aromatic heterocycles. The van der Waals surface area contributed by atoms with Crippen molar-refractivity contribution in [3.8, 4) is 11.3 Å². The molecule has 0 spiro atoms. The highest BCUT2D eigenvalue weighted by atomic mass is 32.2. The number of likely N-dealkylation sites (tertiary alicyclic amines) is 1. The van der Waals surface area contributed by atoms with E-state index in [0.29, 0.717) is 22.2 Å². The standard InChI is InChI=1S/C23H24N4O3S/c1-16(23(29)27-12-5-6-13-27)31-22-18(10-7-11-24-22)21(28)26-15-20-25-14-19(30-20)17-8-3-2-4-9-17/h2-4,7-11,14,16H,5-6,12-13,15H2,1H3,(H,26,28). The predicted molar refractivity (Wildman–Crippen MR) is 118 cm³/mol. The number of carbonyl (C=O) groups is 2. The van der Waals surface area contributed by atoms with E-state index in [1.807, 2.05) is 42.2 Å². The Morgan fingerprint density at radius 1 is 1.13 bits per heavy atom. The number of benzene rings is 1. The van der Waals surface area contributed by atoms with E-state index >= 15 is 0 Å². The third-order valence-corrected chi connectivity index (χ3v) is 6.19. The van der Waals surface area contributed by atoms with Crippen LogP contribution in [0.25, 0.3) is 11.3 Å². The van der Waals surface area contributed by atoms with E-state index in [0.717, 1.165) is 31.5 Å². The fraction of sp³-hybridized carbons (Fsp3) is 0.304. The predicted octanol–water partition coefficient (Wildman–Crippen LogP) is 3.77. The lowest BCUT2D eigenvalue weighted by Gasteiger charge is -2.20. The highest BCUT2D eigenvalue weighted by molar-refractivity contribution is 8.00. The molecule has 0 radical (unpaired) electrons. The van der Waals surface area contributed by atoms with Crippen LogP contribution >= 0.6 is 11.8 Å². The summed E-state index contributed by atoms with van der Waals surface area (Å²) < 4.78 is 5.74. The molecule has 0 aliphatic carbocycles. The Hall–Kier alpha value is -3.13. The summed E-state index contributed by atoms with van der Waals surface area (Å²) in [5.41, 5.74) is 1.36. The average molecular weight is 437 g/mol. The van der Waals surface area contributed by atoms with Crippen LogP contribution in [-0.4, -0.2) is 45.0 Å². The average Bonchev–Trinajstić information content (AvgIpc) is 3.50. The Morgan fingerprint density at radius 3 is 2.68 bits per heavy atom. The molecule has 1 aromatic carbocycles. The Labute approximate surface area is 185 Å². The minimum Gasteiger partial charge on any atom is -0.439 e. The summed E-state index contributed by atoms with van der Waals surface area (Å²) in [5, 5.41) is 3.07. The molecular weight excluding hydrogens is 412 g/mol. The number of carbonyl (C=O) groups excluding carboxylic acids is 2. The minimum atomic E-state index is -0.306. The van der Waals surface area contributed by atoms with Gasteiger partial charge in [-0.05, 0) is 31.9 Å². The van der Waals surface area contributed by atoms with Crippen molar-refractivity contribution < 1.29 is 14.0 Å². The maximum Gasteiger partial charge on any atom is 0.254 e. The molecule has 0 saturated carbocycles. The molecule has 1 fully saturated rings. The molecule has 1 aliphatic heterocycles. The van der Waals surface area contributed by atoms with Crippen LogP contribution in [0.3, 0.4) is 0 Å². The van der Waals surface area contributed by atoms with Gasteiger partial charge in [0.25, 0.3) is 5.91 Å². The lowest BCUT2D eigenvalue weighted by Crippen LogP contribution is -2.34. The molecular formula is C23H24N4O3S. The van der Waals surface area contributed by atoms with Crippen molar-refractivity contribution in [3.05, 3.63) is 66.3 Å².